The predicted octanol–water partition coefficient (Wildman–Crippen LogP) is 7.43. The van der Waals surface area contributed by atoms with Gasteiger partial charge in [-0.25, -0.2) is 5.43 Å². The number of halogens is 3. The summed E-state index contributed by atoms with van der Waals surface area (Å²) in [5.41, 5.74) is 6.26. The summed E-state index contributed by atoms with van der Waals surface area (Å²) in [6, 6.07) is 31.7. The number of nitrogens with one attached hydrogen (secondary N) is 1. The van der Waals surface area contributed by atoms with Gasteiger partial charge in [0.25, 0.3) is 5.69 Å². The number of benzene rings is 4. The van der Waals surface area contributed by atoms with Gasteiger partial charge in [-0.05, 0) is 41.0 Å². The lowest BCUT2D eigenvalue weighted by atomic mass is 10.1. The fraction of sp³-hybridized carbons (Fsp3) is 0.0625. The highest BCUT2D eigenvalue weighted by atomic mass is 19.4. The van der Waals surface area contributed by atoms with E-state index in [9.17, 15) is 28.1 Å². The Morgan fingerprint density at radius 3 is 2.12 bits per heavy atom. The quantitative estimate of drug-likeness (QED) is 0.120. The van der Waals surface area contributed by atoms with Crippen molar-refractivity contribution in [2.24, 2.45) is 5.10 Å². The summed E-state index contributed by atoms with van der Waals surface area (Å²) in [7, 11) is 0. The van der Waals surface area contributed by atoms with Crippen molar-refractivity contribution in [2.45, 2.75) is 12.6 Å². The molecule has 0 aliphatic rings. The third-order valence-corrected chi connectivity index (χ3v) is 6.48. The van der Waals surface area contributed by atoms with Crippen LogP contribution in [0.3, 0.4) is 0 Å². The highest BCUT2D eigenvalue weighted by Gasteiger charge is 2.30. The van der Waals surface area contributed by atoms with Crippen molar-refractivity contribution in [1.29, 1.82) is 0 Å². The molecule has 0 aliphatic carbocycles. The number of amides is 1. The van der Waals surface area contributed by atoms with Gasteiger partial charge in [0.1, 0.15) is 0 Å². The molecule has 0 radical (unpaired) electrons. The van der Waals surface area contributed by atoms with Crippen LogP contribution in [0.4, 0.5) is 18.9 Å². The fourth-order valence-electron chi connectivity index (χ4n) is 4.59. The van der Waals surface area contributed by atoms with E-state index in [0.29, 0.717) is 11.3 Å². The number of carbonyl (C=O) groups excluding carboxylic acids is 1. The standard InChI is InChI=1S/C32H23F3N4O3/c33-32(34,35)26-13-7-8-22(18-26)19-30(40)37-36-21-25-20-29(23-9-3-1-4-10-23)38(31(25)24-11-5-2-6-12-24)27-14-16-28(17-15-27)39(41)42/h1-18,20-21H,19H2,(H,37,40). The monoisotopic (exact) mass is 568 g/mol. The van der Waals surface area contributed by atoms with E-state index in [1.807, 2.05) is 71.3 Å². The lowest BCUT2D eigenvalue weighted by molar-refractivity contribution is -0.384. The first-order valence-electron chi connectivity index (χ1n) is 12.8. The Balaban J connectivity index is 1.53. The summed E-state index contributed by atoms with van der Waals surface area (Å²) in [5.74, 6) is -0.579. The van der Waals surface area contributed by atoms with Crippen LogP contribution in [0.25, 0.3) is 28.2 Å². The number of nitrogens with zero attached hydrogens (tertiary/aromatic N) is 3. The highest BCUT2D eigenvalue weighted by Crippen LogP contribution is 2.36. The Kier molecular flexibility index (Phi) is 7.96. The van der Waals surface area contributed by atoms with E-state index in [0.717, 1.165) is 34.6 Å². The van der Waals surface area contributed by atoms with Gasteiger partial charge in [0.15, 0.2) is 0 Å². The Hall–Kier alpha value is -5.51. The topological polar surface area (TPSA) is 89.5 Å². The third kappa shape index (κ3) is 6.28. The SMILES string of the molecule is O=C(Cc1cccc(C(F)(F)F)c1)NN=Cc1cc(-c2ccccc2)n(-c2ccc([N+](=O)[O-])cc2)c1-c1ccccc1. The number of aromatic nitrogens is 1. The second-order valence-corrected chi connectivity index (χ2v) is 9.34. The zero-order chi connectivity index (χ0) is 29.7. The second kappa shape index (κ2) is 11.9. The summed E-state index contributed by atoms with van der Waals surface area (Å²) in [5, 5.41) is 15.4. The zero-order valence-corrected chi connectivity index (χ0v) is 22.0. The number of nitro groups is 1. The van der Waals surface area contributed by atoms with Gasteiger partial charge >= 0.3 is 6.18 Å². The highest BCUT2D eigenvalue weighted by molar-refractivity contribution is 5.94. The molecule has 0 bridgehead atoms. The molecule has 4 aromatic carbocycles. The van der Waals surface area contributed by atoms with E-state index >= 15 is 0 Å². The largest absolute Gasteiger partial charge is 0.416 e. The molecule has 0 saturated heterocycles. The molecule has 0 aliphatic heterocycles. The van der Waals surface area contributed by atoms with Gasteiger partial charge in [-0.2, -0.15) is 18.3 Å². The van der Waals surface area contributed by atoms with E-state index in [4.69, 9.17) is 0 Å². The van der Waals surface area contributed by atoms with Crippen LogP contribution in [-0.4, -0.2) is 21.6 Å². The Labute approximate surface area is 238 Å². The summed E-state index contributed by atoms with van der Waals surface area (Å²) >= 11 is 0. The van der Waals surface area contributed by atoms with Crippen LogP contribution in [0.2, 0.25) is 0 Å². The minimum absolute atomic E-state index is 0.0429. The molecule has 0 unspecified atom stereocenters. The minimum Gasteiger partial charge on any atom is -0.309 e. The molecule has 1 N–H and O–H groups in total. The predicted molar refractivity (Wildman–Crippen MR) is 154 cm³/mol. The minimum atomic E-state index is -4.51. The lowest BCUT2D eigenvalue weighted by Crippen LogP contribution is -2.20. The molecular formula is C32H23F3N4O3. The maximum Gasteiger partial charge on any atom is 0.416 e. The molecule has 10 heteroatoms. The molecule has 0 spiro atoms. The fourth-order valence-corrected chi connectivity index (χ4v) is 4.59. The summed E-state index contributed by atoms with van der Waals surface area (Å²) in [6.45, 7) is 0. The molecule has 0 fully saturated rings. The third-order valence-electron chi connectivity index (χ3n) is 6.48. The smallest absolute Gasteiger partial charge is 0.309 e. The van der Waals surface area contributed by atoms with Gasteiger partial charge < -0.3 is 4.57 Å². The number of nitro benzene ring substituents is 1. The summed E-state index contributed by atoms with van der Waals surface area (Å²) in [6.07, 6.45) is -3.32. The van der Waals surface area contributed by atoms with E-state index in [-0.39, 0.29) is 17.7 Å². The molecule has 1 amide bonds. The van der Waals surface area contributed by atoms with Gasteiger partial charge in [0, 0.05) is 23.4 Å². The van der Waals surface area contributed by atoms with Gasteiger partial charge in [0.05, 0.1) is 34.5 Å². The van der Waals surface area contributed by atoms with Crippen molar-refractivity contribution in [3.05, 3.63) is 142 Å². The first-order valence-corrected chi connectivity index (χ1v) is 12.8. The van der Waals surface area contributed by atoms with Gasteiger partial charge in [-0.15, -0.1) is 0 Å². The van der Waals surface area contributed by atoms with Crippen molar-refractivity contribution in [2.75, 3.05) is 0 Å². The zero-order valence-electron chi connectivity index (χ0n) is 22.0. The van der Waals surface area contributed by atoms with Crippen molar-refractivity contribution >= 4 is 17.8 Å². The van der Waals surface area contributed by atoms with E-state index < -0.39 is 22.6 Å². The van der Waals surface area contributed by atoms with Crippen LogP contribution in [0, 0.1) is 10.1 Å². The summed E-state index contributed by atoms with van der Waals surface area (Å²) in [4.78, 5) is 23.4. The van der Waals surface area contributed by atoms with E-state index in [1.54, 1.807) is 12.1 Å². The average molecular weight is 569 g/mol. The van der Waals surface area contributed by atoms with Crippen LogP contribution in [0.5, 0.6) is 0 Å². The van der Waals surface area contributed by atoms with Crippen LogP contribution < -0.4 is 5.43 Å². The molecule has 1 aromatic heterocycles. The average Bonchev–Trinajstić information content (AvgIpc) is 3.37. The lowest BCUT2D eigenvalue weighted by Gasteiger charge is -2.15. The number of non-ortho nitro benzene ring substituents is 1. The van der Waals surface area contributed by atoms with Crippen LogP contribution >= 0.6 is 0 Å². The van der Waals surface area contributed by atoms with E-state index in [1.165, 1.54) is 30.5 Å². The number of carbonyl (C=O) groups is 1. The van der Waals surface area contributed by atoms with Crippen molar-refractivity contribution in [3.63, 3.8) is 0 Å². The van der Waals surface area contributed by atoms with Crippen LogP contribution in [-0.2, 0) is 17.4 Å². The number of hydrogen-bond acceptors (Lipinski definition) is 4. The Morgan fingerprint density at radius 2 is 1.50 bits per heavy atom. The number of hydrazone groups is 1. The molecule has 0 atom stereocenters. The maximum absolute atomic E-state index is 13.1. The van der Waals surface area contributed by atoms with Crippen molar-refractivity contribution < 1.29 is 22.9 Å². The molecule has 1 heterocycles. The molecule has 7 nitrogen and oxygen atoms in total. The van der Waals surface area contributed by atoms with Crippen molar-refractivity contribution in [1.82, 2.24) is 9.99 Å². The molecule has 42 heavy (non-hydrogen) atoms. The molecule has 0 saturated carbocycles. The Bertz CT molecular complexity index is 1750. The van der Waals surface area contributed by atoms with Crippen LogP contribution in [0.1, 0.15) is 16.7 Å². The van der Waals surface area contributed by atoms with Crippen molar-refractivity contribution in [3.8, 4) is 28.2 Å². The second-order valence-electron chi connectivity index (χ2n) is 9.34. The first kappa shape index (κ1) is 28.0. The number of hydrogen-bond donors (Lipinski definition) is 1. The number of alkyl halides is 3. The first-order chi connectivity index (χ1) is 20.2. The molecule has 5 rings (SSSR count). The van der Waals surface area contributed by atoms with Crippen LogP contribution in [0.15, 0.2) is 120 Å². The molecule has 210 valence electrons. The van der Waals surface area contributed by atoms with E-state index in [2.05, 4.69) is 10.5 Å². The Morgan fingerprint density at radius 1 is 0.857 bits per heavy atom. The molecule has 5 aromatic rings. The number of rotatable bonds is 8. The van der Waals surface area contributed by atoms with Gasteiger partial charge in [-0.3, -0.25) is 14.9 Å². The normalized spacial score (nSPS) is 11.5. The van der Waals surface area contributed by atoms with Gasteiger partial charge in [0.2, 0.25) is 5.91 Å². The van der Waals surface area contributed by atoms with Gasteiger partial charge in [-0.1, -0.05) is 78.9 Å². The summed E-state index contributed by atoms with van der Waals surface area (Å²) < 4.78 is 41.1. The maximum atomic E-state index is 13.1. The molecular weight excluding hydrogens is 545 g/mol.